The van der Waals surface area contributed by atoms with E-state index in [0.717, 1.165) is 26.6 Å². The fourth-order valence-electron chi connectivity index (χ4n) is 4.83. The monoisotopic (exact) mass is 611 g/mol. The van der Waals surface area contributed by atoms with Gasteiger partial charge in [-0.15, -0.1) is 0 Å². The molecule has 0 heterocycles. The molecule has 4 aromatic rings. The van der Waals surface area contributed by atoms with Crippen LogP contribution in [0.3, 0.4) is 0 Å². The van der Waals surface area contributed by atoms with Crippen molar-refractivity contribution in [3.63, 3.8) is 0 Å². The first-order chi connectivity index (χ1) is 21.0. The zero-order valence-electron chi connectivity index (χ0n) is 25.8. The van der Waals surface area contributed by atoms with E-state index < -0.39 is 28.5 Å². The van der Waals surface area contributed by atoms with Crippen molar-refractivity contribution in [2.24, 2.45) is 5.92 Å². The number of benzene rings is 4. The second kappa shape index (κ2) is 14.8. The van der Waals surface area contributed by atoms with Crippen molar-refractivity contribution in [2.75, 3.05) is 17.4 Å². The Balaban J connectivity index is 1.77. The van der Waals surface area contributed by atoms with Gasteiger partial charge in [0.2, 0.25) is 11.8 Å². The van der Waals surface area contributed by atoms with Gasteiger partial charge < -0.3 is 10.2 Å². The zero-order valence-corrected chi connectivity index (χ0v) is 26.6. The summed E-state index contributed by atoms with van der Waals surface area (Å²) in [7, 11) is -4.12. The molecule has 1 unspecified atom stereocenters. The van der Waals surface area contributed by atoms with Gasteiger partial charge in [-0.1, -0.05) is 110 Å². The predicted molar refractivity (Wildman–Crippen MR) is 176 cm³/mol. The number of hydrogen-bond donors (Lipinski definition) is 1. The number of carbonyl (C=O) groups excluding carboxylic acids is 2. The van der Waals surface area contributed by atoms with Crippen molar-refractivity contribution in [2.45, 2.75) is 51.6 Å². The zero-order chi connectivity index (χ0) is 31.7. The molecule has 44 heavy (non-hydrogen) atoms. The van der Waals surface area contributed by atoms with Crippen LogP contribution in [0.4, 0.5) is 5.69 Å². The Morgan fingerprint density at radius 1 is 0.727 bits per heavy atom. The van der Waals surface area contributed by atoms with Gasteiger partial charge in [0.1, 0.15) is 12.6 Å². The molecule has 0 fully saturated rings. The molecule has 0 saturated carbocycles. The molecule has 4 aromatic carbocycles. The predicted octanol–water partition coefficient (Wildman–Crippen LogP) is 5.91. The van der Waals surface area contributed by atoms with Crippen LogP contribution in [0.2, 0.25) is 0 Å². The molecular weight excluding hydrogens is 570 g/mol. The minimum atomic E-state index is -4.12. The highest BCUT2D eigenvalue weighted by molar-refractivity contribution is 7.92. The molecule has 0 bridgehead atoms. The number of nitrogens with zero attached hydrogens (tertiary/aromatic N) is 2. The maximum atomic E-state index is 14.4. The molecule has 0 radical (unpaired) electrons. The number of nitrogens with one attached hydrogen (secondary N) is 1. The molecule has 7 nitrogen and oxygen atoms in total. The number of para-hydroxylation sites is 1. The van der Waals surface area contributed by atoms with Gasteiger partial charge in [0.05, 0.1) is 10.6 Å². The van der Waals surface area contributed by atoms with E-state index in [9.17, 15) is 18.0 Å². The molecule has 0 aliphatic rings. The van der Waals surface area contributed by atoms with E-state index in [4.69, 9.17) is 0 Å². The molecule has 0 aromatic heterocycles. The molecule has 0 saturated heterocycles. The Morgan fingerprint density at radius 2 is 1.27 bits per heavy atom. The first-order valence-electron chi connectivity index (χ1n) is 14.9. The van der Waals surface area contributed by atoms with Gasteiger partial charge in [-0.25, -0.2) is 8.42 Å². The van der Waals surface area contributed by atoms with Crippen LogP contribution in [0.15, 0.2) is 114 Å². The summed E-state index contributed by atoms with van der Waals surface area (Å²) >= 11 is 0. The van der Waals surface area contributed by atoms with E-state index in [1.807, 2.05) is 82.3 Å². The lowest BCUT2D eigenvalue weighted by Crippen LogP contribution is -2.53. The van der Waals surface area contributed by atoms with Crippen LogP contribution >= 0.6 is 0 Å². The second-order valence-corrected chi connectivity index (χ2v) is 13.4. The van der Waals surface area contributed by atoms with Crippen molar-refractivity contribution in [3.05, 3.63) is 131 Å². The number of anilines is 1. The Kier molecular flexibility index (Phi) is 11.0. The maximum absolute atomic E-state index is 14.4. The highest BCUT2D eigenvalue weighted by Crippen LogP contribution is 2.25. The topological polar surface area (TPSA) is 86.8 Å². The number of rotatable bonds is 13. The fraction of sp³-hybridized carbons (Fsp3) is 0.278. The Hall–Kier alpha value is -4.43. The molecule has 1 N–H and O–H groups in total. The smallest absolute Gasteiger partial charge is 0.264 e. The first-order valence-corrected chi connectivity index (χ1v) is 16.3. The van der Waals surface area contributed by atoms with Crippen LogP contribution in [0, 0.1) is 19.8 Å². The van der Waals surface area contributed by atoms with Crippen molar-refractivity contribution in [1.29, 1.82) is 0 Å². The summed E-state index contributed by atoms with van der Waals surface area (Å²) in [5.41, 5.74) is 4.09. The van der Waals surface area contributed by atoms with E-state index in [1.165, 1.54) is 4.90 Å². The molecule has 8 heteroatoms. The van der Waals surface area contributed by atoms with Crippen LogP contribution in [0.1, 0.15) is 36.1 Å². The molecule has 0 aliphatic heterocycles. The highest BCUT2D eigenvalue weighted by Gasteiger charge is 2.34. The highest BCUT2D eigenvalue weighted by atomic mass is 32.2. The number of hydrogen-bond acceptors (Lipinski definition) is 4. The largest absolute Gasteiger partial charge is 0.354 e. The van der Waals surface area contributed by atoms with Crippen molar-refractivity contribution < 1.29 is 18.0 Å². The quantitative estimate of drug-likeness (QED) is 0.204. The minimum Gasteiger partial charge on any atom is -0.354 e. The van der Waals surface area contributed by atoms with E-state index in [2.05, 4.69) is 5.32 Å². The number of sulfonamides is 1. The summed E-state index contributed by atoms with van der Waals surface area (Å²) in [6.45, 7) is 8.00. The van der Waals surface area contributed by atoms with Crippen molar-refractivity contribution in [1.82, 2.24) is 10.2 Å². The van der Waals surface area contributed by atoms with Crippen LogP contribution in [0.25, 0.3) is 0 Å². The molecule has 4 rings (SSSR count). The van der Waals surface area contributed by atoms with Crippen LogP contribution in [-0.2, 0) is 32.6 Å². The van der Waals surface area contributed by atoms with Gasteiger partial charge in [-0.3, -0.25) is 13.9 Å². The molecule has 1 atom stereocenters. The average molecular weight is 612 g/mol. The maximum Gasteiger partial charge on any atom is 0.264 e. The van der Waals surface area contributed by atoms with Gasteiger partial charge in [-0.2, -0.15) is 0 Å². The number of aryl methyl sites for hydroxylation is 2. The third kappa shape index (κ3) is 8.57. The summed E-state index contributed by atoms with van der Waals surface area (Å²) in [5, 5.41) is 3.01. The van der Waals surface area contributed by atoms with E-state index >= 15 is 0 Å². The van der Waals surface area contributed by atoms with Crippen molar-refractivity contribution in [3.8, 4) is 0 Å². The summed E-state index contributed by atoms with van der Waals surface area (Å²) < 4.78 is 29.2. The lowest BCUT2D eigenvalue weighted by atomic mass is 10.0. The van der Waals surface area contributed by atoms with E-state index in [0.29, 0.717) is 12.2 Å². The number of amides is 2. The lowest BCUT2D eigenvalue weighted by Gasteiger charge is -2.34. The van der Waals surface area contributed by atoms with E-state index in [-0.39, 0.29) is 29.7 Å². The summed E-state index contributed by atoms with van der Waals surface area (Å²) in [6, 6.07) is 31.6. The van der Waals surface area contributed by atoms with Crippen LogP contribution < -0.4 is 9.62 Å². The third-order valence-electron chi connectivity index (χ3n) is 7.36. The Labute approximate surface area is 261 Å². The van der Waals surface area contributed by atoms with Gasteiger partial charge in [0.15, 0.2) is 0 Å². The fourth-order valence-corrected chi connectivity index (χ4v) is 6.24. The second-order valence-electron chi connectivity index (χ2n) is 11.5. The molecule has 2 amide bonds. The SMILES string of the molecule is Cc1ccc(CN(C(=O)CN(c2ccccc2)S(=O)(=O)c2ccc(C)cc2)C(Cc2ccccc2)C(=O)NCC(C)C)cc1. The molecule has 230 valence electrons. The van der Waals surface area contributed by atoms with Crippen LogP contribution in [-0.4, -0.2) is 44.3 Å². The lowest BCUT2D eigenvalue weighted by molar-refractivity contribution is -0.140. The normalized spacial score (nSPS) is 12.0. The third-order valence-corrected chi connectivity index (χ3v) is 9.15. The van der Waals surface area contributed by atoms with Crippen LogP contribution in [0.5, 0.6) is 0 Å². The van der Waals surface area contributed by atoms with E-state index in [1.54, 1.807) is 54.6 Å². The van der Waals surface area contributed by atoms with Gasteiger partial charge in [0, 0.05) is 19.5 Å². The average Bonchev–Trinajstić information content (AvgIpc) is 3.02. The van der Waals surface area contributed by atoms with Gasteiger partial charge in [-0.05, 0) is 55.2 Å². The van der Waals surface area contributed by atoms with Crippen molar-refractivity contribution >= 4 is 27.5 Å². The standard InChI is InChI=1S/C36H41N3O4S/c1-27(2)24-37-36(41)34(23-30-11-7-5-8-12-30)38(25-31-19-15-28(3)16-20-31)35(40)26-39(32-13-9-6-10-14-32)44(42,43)33-21-17-29(4)18-22-33/h5-22,27,34H,23-26H2,1-4H3,(H,37,41). The van der Waals surface area contributed by atoms with Gasteiger partial charge >= 0.3 is 0 Å². The Bertz CT molecular complexity index is 1620. The summed E-state index contributed by atoms with van der Waals surface area (Å²) in [4.78, 5) is 29.9. The minimum absolute atomic E-state index is 0.0837. The molecule has 0 spiro atoms. The summed E-state index contributed by atoms with van der Waals surface area (Å²) in [6.07, 6.45) is 0.276. The molecule has 0 aliphatic carbocycles. The first kappa shape index (κ1) is 32.5. The number of carbonyl (C=O) groups is 2. The molecular formula is C36H41N3O4S. The summed E-state index contributed by atoms with van der Waals surface area (Å²) in [5.74, 6) is -0.549. The van der Waals surface area contributed by atoms with Gasteiger partial charge in [0.25, 0.3) is 10.0 Å². The Morgan fingerprint density at radius 3 is 1.84 bits per heavy atom.